The van der Waals surface area contributed by atoms with Crippen molar-refractivity contribution in [2.75, 3.05) is 5.73 Å². The van der Waals surface area contributed by atoms with Gasteiger partial charge in [0.25, 0.3) is 0 Å². The summed E-state index contributed by atoms with van der Waals surface area (Å²) in [7, 11) is 0. The van der Waals surface area contributed by atoms with Crippen molar-refractivity contribution in [2.45, 2.75) is 18.4 Å². The minimum Gasteiger partial charge on any atom is -0.399 e. The van der Waals surface area contributed by atoms with Crippen molar-refractivity contribution in [2.24, 2.45) is 0 Å². The number of nitrogen functional groups attached to an aromatic ring is 1. The van der Waals surface area contributed by atoms with Gasteiger partial charge >= 0.3 is 0 Å². The maximum absolute atomic E-state index is 5.73. The summed E-state index contributed by atoms with van der Waals surface area (Å²) in [5.74, 6) is 1.31. The lowest BCUT2D eigenvalue weighted by Crippen LogP contribution is -2.02. The minimum atomic E-state index is 0.343. The Morgan fingerprint density at radius 2 is 1.76 bits per heavy atom. The van der Waals surface area contributed by atoms with E-state index in [9.17, 15) is 0 Å². The minimum absolute atomic E-state index is 0.343. The highest BCUT2D eigenvalue weighted by Crippen LogP contribution is 2.51. The normalized spacial score (nSPS) is 20.4. The molecule has 2 unspecified atom stereocenters. The number of aromatic nitrogens is 4. The van der Waals surface area contributed by atoms with E-state index < -0.39 is 0 Å². The first-order valence-electron chi connectivity index (χ1n) is 7.01. The van der Waals surface area contributed by atoms with Crippen LogP contribution in [0.15, 0.2) is 54.6 Å². The average Bonchev–Trinajstić information content (AvgIpc) is 3.18. The Kier molecular flexibility index (Phi) is 2.70. The molecule has 5 heteroatoms. The third-order valence-corrected chi connectivity index (χ3v) is 3.96. The van der Waals surface area contributed by atoms with Crippen molar-refractivity contribution in [3.63, 3.8) is 0 Å². The largest absolute Gasteiger partial charge is 0.399 e. The van der Waals surface area contributed by atoms with Gasteiger partial charge < -0.3 is 5.73 Å². The molecule has 104 valence electrons. The number of hydrogen-bond donors (Lipinski definition) is 1. The van der Waals surface area contributed by atoms with E-state index in [0.29, 0.717) is 12.0 Å². The fourth-order valence-electron chi connectivity index (χ4n) is 2.75. The molecule has 4 rings (SSSR count). The van der Waals surface area contributed by atoms with E-state index in [-0.39, 0.29) is 0 Å². The van der Waals surface area contributed by atoms with Crippen LogP contribution in [0.5, 0.6) is 0 Å². The summed E-state index contributed by atoms with van der Waals surface area (Å²) >= 11 is 0. The van der Waals surface area contributed by atoms with Crippen LogP contribution in [0.25, 0.3) is 11.4 Å². The van der Waals surface area contributed by atoms with Crippen LogP contribution in [0, 0.1) is 0 Å². The predicted molar refractivity (Wildman–Crippen MR) is 80.5 cm³/mol. The van der Waals surface area contributed by atoms with Gasteiger partial charge in [0.05, 0.1) is 6.04 Å². The van der Waals surface area contributed by atoms with Crippen LogP contribution < -0.4 is 5.73 Å². The summed E-state index contributed by atoms with van der Waals surface area (Å²) < 4.78 is 1.93. The van der Waals surface area contributed by atoms with Gasteiger partial charge in [0, 0.05) is 17.2 Å². The van der Waals surface area contributed by atoms with E-state index >= 15 is 0 Å². The molecule has 21 heavy (non-hydrogen) atoms. The summed E-state index contributed by atoms with van der Waals surface area (Å²) in [5, 5.41) is 12.2. The topological polar surface area (TPSA) is 69.6 Å². The van der Waals surface area contributed by atoms with E-state index in [2.05, 4.69) is 39.8 Å². The molecule has 1 fully saturated rings. The van der Waals surface area contributed by atoms with Crippen molar-refractivity contribution in [3.05, 3.63) is 60.2 Å². The highest BCUT2D eigenvalue weighted by Gasteiger charge is 2.42. The predicted octanol–water partition coefficient (Wildman–Crippen LogP) is 2.65. The van der Waals surface area contributed by atoms with Crippen molar-refractivity contribution in [1.29, 1.82) is 0 Å². The van der Waals surface area contributed by atoms with Gasteiger partial charge in [0.1, 0.15) is 0 Å². The number of anilines is 1. The zero-order valence-electron chi connectivity index (χ0n) is 11.4. The van der Waals surface area contributed by atoms with E-state index in [4.69, 9.17) is 5.73 Å². The van der Waals surface area contributed by atoms with Crippen LogP contribution in [0.4, 0.5) is 5.69 Å². The number of benzene rings is 2. The molecule has 1 aliphatic carbocycles. The van der Waals surface area contributed by atoms with Crippen LogP contribution in [-0.2, 0) is 0 Å². The number of hydrogen-bond acceptors (Lipinski definition) is 4. The Bertz CT molecular complexity index is 748. The molecule has 0 bridgehead atoms. The van der Waals surface area contributed by atoms with Crippen LogP contribution in [-0.4, -0.2) is 20.2 Å². The van der Waals surface area contributed by atoms with Gasteiger partial charge in [-0.1, -0.05) is 30.3 Å². The van der Waals surface area contributed by atoms with Gasteiger partial charge in [-0.05, 0) is 46.7 Å². The lowest BCUT2D eigenvalue weighted by molar-refractivity contribution is 0.602. The van der Waals surface area contributed by atoms with Crippen molar-refractivity contribution in [1.82, 2.24) is 20.2 Å². The van der Waals surface area contributed by atoms with E-state index in [0.717, 1.165) is 23.5 Å². The molecule has 0 radical (unpaired) electrons. The molecule has 1 aliphatic rings. The Morgan fingerprint density at radius 1 is 1.00 bits per heavy atom. The number of rotatable bonds is 3. The van der Waals surface area contributed by atoms with Crippen molar-refractivity contribution >= 4 is 5.69 Å². The van der Waals surface area contributed by atoms with E-state index in [1.54, 1.807) is 0 Å². The van der Waals surface area contributed by atoms with Gasteiger partial charge in [-0.3, -0.25) is 0 Å². The molecule has 5 nitrogen and oxygen atoms in total. The SMILES string of the molecule is Nc1ccc(-c2nnnn2C2CC2c2ccccc2)cc1. The molecular formula is C16H15N5. The number of nitrogens with two attached hydrogens (primary N) is 1. The molecule has 1 saturated carbocycles. The molecular weight excluding hydrogens is 262 g/mol. The Hall–Kier alpha value is -2.69. The molecule has 0 spiro atoms. The maximum Gasteiger partial charge on any atom is 0.182 e. The Balaban J connectivity index is 1.64. The fraction of sp³-hybridized carbons (Fsp3) is 0.188. The molecule has 0 aliphatic heterocycles. The lowest BCUT2D eigenvalue weighted by Gasteiger charge is -2.05. The van der Waals surface area contributed by atoms with Gasteiger partial charge in [-0.15, -0.1) is 5.10 Å². The van der Waals surface area contributed by atoms with Crippen molar-refractivity contribution < 1.29 is 0 Å². The van der Waals surface area contributed by atoms with Gasteiger partial charge in [0.2, 0.25) is 0 Å². The lowest BCUT2D eigenvalue weighted by atomic mass is 10.1. The highest BCUT2D eigenvalue weighted by molar-refractivity contribution is 5.58. The van der Waals surface area contributed by atoms with Crippen LogP contribution >= 0.6 is 0 Å². The van der Waals surface area contributed by atoms with Crippen molar-refractivity contribution in [3.8, 4) is 11.4 Å². The van der Waals surface area contributed by atoms with Gasteiger partial charge in [-0.2, -0.15) is 0 Å². The first-order chi connectivity index (χ1) is 10.3. The Morgan fingerprint density at radius 3 is 2.52 bits per heavy atom. The third kappa shape index (κ3) is 2.16. The van der Waals surface area contributed by atoms with Gasteiger partial charge in [0.15, 0.2) is 5.82 Å². The first-order valence-corrected chi connectivity index (χ1v) is 7.01. The summed E-state index contributed by atoms with van der Waals surface area (Å²) in [6.45, 7) is 0. The Labute approximate surface area is 122 Å². The van der Waals surface area contributed by atoms with Crippen LogP contribution in [0.3, 0.4) is 0 Å². The van der Waals surface area contributed by atoms with Crippen LogP contribution in [0.1, 0.15) is 23.9 Å². The zero-order chi connectivity index (χ0) is 14.2. The summed E-state index contributed by atoms with van der Waals surface area (Å²) in [6, 6.07) is 18.5. The van der Waals surface area contributed by atoms with Crippen LogP contribution in [0.2, 0.25) is 0 Å². The molecule has 1 heterocycles. The molecule has 0 saturated heterocycles. The quantitative estimate of drug-likeness (QED) is 0.747. The average molecular weight is 277 g/mol. The molecule has 2 atom stereocenters. The molecule has 2 N–H and O–H groups in total. The maximum atomic E-state index is 5.73. The summed E-state index contributed by atoms with van der Waals surface area (Å²) in [4.78, 5) is 0. The second kappa shape index (κ2) is 4.70. The standard InChI is InChI=1S/C16H15N5/c17-13-8-6-12(7-9-13)16-18-19-20-21(16)15-10-14(15)11-4-2-1-3-5-11/h1-9,14-15H,10,17H2. The smallest absolute Gasteiger partial charge is 0.182 e. The monoisotopic (exact) mass is 277 g/mol. The fourth-order valence-corrected chi connectivity index (χ4v) is 2.75. The summed E-state index contributed by atoms with van der Waals surface area (Å²) in [6.07, 6.45) is 1.08. The molecule has 3 aromatic rings. The second-order valence-electron chi connectivity index (χ2n) is 5.39. The molecule has 0 amide bonds. The second-order valence-corrected chi connectivity index (χ2v) is 5.39. The third-order valence-electron chi connectivity index (χ3n) is 3.96. The number of nitrogens with zero attached hydrogens (tertiary/aromatic N) is 4. The zero-order valence-corrected chi connectivity index (χ0v) is 11.4. The van der Waals surface area contributed by atoms with E-state index in [1.807, 2.05) is 35.0 Å². The highest BCUT2D eigenvalue weighted by atomic mass is 15.6. The number of tetrazole rings is 1. The molecule has 2 aromatic carbocycles. The molecule has 1 aromatic heterocycles. The first kappa shape index (κ1) is 12.1. The van der Waals surface area contributed by atoms with Gasteiger partial charge in [-0.25, -0.2) is 4.68 Å². The van der Waals surface area contributed by atoms with E-state index in [1.165, 1.54) is 5.56 Å². The summed E-state index contributed by atoms with van der Waals surface area (Å²) in [5.41, 5.74) is 8.81.